The second-order valence-electron chi connectivity index (χ2n) is 3.92. The molecule has 0 bridgehead atoms. The molecule has 0 saturated heterocycles. The van der Waals surface area contributed by atoms with Gasteiger partial charge in [-0.1, -0.05) is 58.8 Å². The van der Waals surface area contributed by atoms with E-state index in [-0.39, 0.29) is 6.61 Å². The Labute approximate surface area is 121 Å². The predicted octanol–water partition coefficient (Wildman–Crippen LogP) is 3.97. The van der Waals surface area contributed by atoms with E-state index < -0.39 is 12.2 Å². The smallest absolute Gasteiger partial charge is 0.442 e. The molecular formula is C15H12N2O4. The van der Waals surface area contributed by atoms with E-state index in [0.29, 0.717) is 5.75 Å². The van der Waals surface area contributed by atoms with E-state index in [0.717, 1.165) is 5.56 Å². The third-order valence-corrected chi connectivity index (χ3v) is 2.37. The molecule has 0 heterocycles. The first-order valence-electron chi connectivity index (χ1n) is 6.13. The lowest BCUT2D eigenvalue weighted by atomic mass is 10.2. The zero-order valence-electron chi connectivity index (χ0n) is 11.0. The summed E-state index contributed by atoms with van der Waals surface area (Å²) in [6.45, 7) is 0.0619. The van der Waals surface area contributed by atoms with Crippen LogP contribution in [0.3, 0.4) is 0 Å². The molecule has 2 amide bonds. The average molecular weight is 284 g/mol. The first kappa shape index (κ1) is 14.4. The molecule has 2 rings (SSSR count). The standard InChI is InChI=1S/C15H12N2O4/c18-14(20-11-12-7-3-1-4-8-12)16-17-15(19)21-13-9-5-2-6-10-13/h1-10H,11H2. The molecule has 0 saturated carbocycles. The molecule has 2 aromatic carbocycles. The van der Waals surface area contributed by atoms with Gasteiger partial charge in [0.1, 0.15) is 12.4 Å². The van der Waals surface area contributed by atoms with Gasteiger partial charge in [0.15, 0.2) is 0 Å². The topological polar surface area (TPSA) is 77.3 Å². The lowest BCUT2D eigenvalue weighted by Gasteiger charge is -2.00. The van der Waals surface area contributed by atoms with E-state index in [2.05, 4.69) is 10.2 Å². The highest BCUT2D eigenvalue weighted by molar-refractivity contribution is 5.74. The Kier molecular flexibility index (Phi) is 5.17. The van der Waals surface area contributed by atoms with Crippen LogP contribution in [-0.4, -0.2) is 12.2 Å². The first-order chi connectivity index (χ1) is 10.2. The highest BCUT2D eigenvalue weighted by Gasteiger charge is 2.05. The van der Waals surface area contributed by atoms with Gasteiger partial charge in [-0.05, 0) is 17.7 Å². The summed E-state index contributed by atoms with van der Waals surface area (Å²) in [6.07, 6.45) is -1.94. The number of benzene rings is 2. The molecule has 0 aliphatic heterocycles. The Morgan fingerprint density at radius 2 is 1.38 bits per heavy atom. The summed E-state index contributed by atoms with van der Waals surface area (Å²) < 4.78 is 9.64. The van der Waals surface area contributed by atoms with Crippen LogP contribution in [0.5, 0.6) is 5.75 Å². The quantitative estimate of drug-likeness (QED) is 0.799. The average Bonchev–Trinajstić information content (AvgIpc) is 2.53. The Bertz CT molecular complexity index is 627. The van der Waals surface area contributed by atoms with E-state index in [4.69, 9.17) is 9.47 Å². The lowest BCUT2D eigenvalue weighted by molar-refractivity contribution is 0.148. The molecule has 21 heavy (non-hydrogen) atoms. The summed E-state index contributed by atoms with van der Waals surface area (Å²) in [6, 6.07) is 17.4. The molecular weight excluding hydrogens is 272 g/mol. The van der Waals surface area contributed by atoms with Crippen LogP contribution in [0.25, 0.3) is 0 Å². The maximum absolute atomic E-state index is 11.3. The summed E-state index contributed by atoms with van der Waals surface area (Å²) >= 11 is 0. The number of azo groups is 1. The van der Waals surface area contributed by atoms with Gasteiger partial charge < -0.3 is 9.47 Å². The monoisotopic (exact) mass is 284 g/mol. The summed E-state index contributed by atoms with van der Waals surface area (Å²) in [7, 11) is 0. The van der Waals surface area contributed by atoms with Gasteiger partial charge in [0.25, 0.3) is 0 Å². The van der Waals surface area contributed by atoms with Crippen LogP contribution in [-0.2, 0) is 11.3 Å². The zero-order valence-corrected chi connectivity index (χ0v) is 11.0. The number of nitrogens with zero attached hydrogens (tertiary/aromatic N) is 2. The van der Waals surface area contributed by atoms with E-state index in [1.54, 1.807) is 42.5 Å². The molecule has 6 nitrogen and oxygen atoms in total. The minimum atomic E-state index is -0.988. The van der Waals surface area contributed by atoms with E-state index in [9.17, 15) is 9.59 Å². The fourth-order valence-electron chi connectivity index (χ4n) is 1.44. The lowest BCUT2D eigenvalue weighted by Crippen LogP contribution is -2.03. The van der Waals surface area contributed by atoms with E-state index >= 15 is 0 Å². The summed E-state index contributed by atoms with van der Waals surface area (Å²) in [5.41, 5.74) is 0.813. The van der Waals surface area contributed by atoms with Crippen molar-refractivity contribution < 1.29 is 19.1 Å². The largest absolute Gasteiger partial charge is 0.458 e. The molecule has 2 aromatic rings. The van der Waals surface area contributed by atoms with Gasteiger partial charge in [0.2, 0.25) is 0 Å². The molecule has 0 radical (unpaired) electrons. The van der Waals surface area contributed by atoms with Gasteiger partial charge >= 0.3 is 12.2 Å². The minimum Gasteiger partial charge on any atom is -0.442 e. The molecule has 0 unspecified atom stereocenters. The van der Waals surface area contributed by atoms with Gasteiger partial charge in [0.05, 0.1) is 0 Å². The molecule has 0 aliphatic rings. The van der Waals surface area contributed by atoms with Crippen molar-refractivity contribution in [3.63, 3.8) is 0 Å². The van der Waals surface area contributed by atoms with Gasteiger partial charge in [-0.3, -0.25) is 0 Å². The Hall–Kier alpha value is -3.02. The van der Waals surface area contributed by atoms with Crippen LogP contribution in [0.15, 0.2) is 70.9 Å². The highest BCUT2D eigenvalue weighted by Crippen LogP contribution is 2.09. The van der Waals surface area contributed by atoms with Crippen molar-refractivity contribution in [3.8, 4) is 5.75 Å². The van der Waals surface area contributed by atoms with Crippen LogP contribution in [0.2, 0.25) is 0 Å². The molecule has 0 fully saturated rings. The molecule has 0 aliphatic carbocycles. The van der Waals surface area contributed by atoms with Crippen molar-refractivity contribution in [3.05, 3.63) is 66.2 Å². The third-order valence-electron chi connectivity index (χ3n) is 2.37. The summed E-state index contributed by atoms with van der Waals surface area (Å²) in [4.78, 5) is 22.6. The number of para-hydroxylation sites is 1. The normalized spacial score (nSPS) is 10.3. The maximum atomic E-state index is 11.3. The second kappa shape index (κ2) is 7.54. The molecule has 0 spiro atoms. The van der Waals surface area contributed by atoms with Crippen molar-refractivity contribution >= 4 is 12.2 Å². The fourth-order valence-corrected chi connectivity index (χ4v) is 1.44. The summed E-state index contributed by atoms with van der Waals surface area (Å²) in [5.74, 6) is 0.319. The van der Waals surface area contributed by atoms with Gasteiger partial charge in [-0.25, -0.2) is 9.59 Å². The molecule has 106 valence electrons. The van der Waals surface area contributed by atoms with Gasteiger partial charge in [-0.15, -0.1) is 0 Å². The number of rotatable bonds is 3. The zero-order chi connectivity index (χ0) is 14.9. The molecule has 0 atom stereocenters. The van der Waals surface area contributed by atoms with Crippen LogP contribution in [0, 0.1) is 0 Å². The SMILES string of the molecule is O=C(N=NC(=O)Oc1ccccc1)OCc1ccccc1. The van der Waals surface area contributed by atoms with Crippen LogP contribution in [0.4, 0.5) is 9.59 Å². The number of hydrogen-bond donors (Lipinski definition) is 0. The van der Waals surface area contributed by atoms with Crippen molar-refractivity contribution in [2.45, 2.75) is 6.61 Å². The van der Waals surface area contributed by atoms with Crippen molar-refractivity contribution in [2.24, 2.45) is 10.2 Å². The Morgan fingerprint density at radius 1 is 0.810 bits per heavy atom. The molecule has 6 heteroatoms. The number of carbonyl (C=O) groups excluding carboxylic acids is 2. The number of hydrogen-bond acceptors (Lipinski definition) is 4. The van der Waals surface area contributed by atoms with Crippen molar-refractivity contribution in [2.75, 3.05) is 0 Å². The number of amides is 2. The Morgan fingerprint density at radius 3 is 2.05 bits per heavy atom. The number of ether oxygens (including phenoxy) is 2. The van der Waals surface area contributed by atoms with Crippen LogP contribution >= 0.6 is 0 Å². The Balaban J connectivity index is 1.78. The fraction of sp³-hybridized carbons (Fsp3) is 0.0667. The highest BCUT2D eigenvalue weighted by atomic mass is 16.6. The second-order valence-corrected chi connectivity index (χ2v) is 3.92. The van der Waals surface area contributed by atoms with Crippen LogP contribution < -0.4 is 4.74 Å². The third kappa shape index (κ3) is 5.23. The maximum Gasteiger partial charge on any atom is 0.458 e. The van der Waals surface area contributed by atoms with Gasteiger partial charge in [-0.2, -0.15) is 0 Å². The van der Waals surface area contributed by atoms with Crippen molar-refractivity contribution in [1.82, 2.24) is 0 Å². The molecule has 0 aromatic heterocycles. The number of carbonyl (C=O) groups is 2. The van der Waals surface area contributed by atoms with E-state index in [1.165, 1.54) is 0 Å². The summed E-state index contributed by atoms with van der Waals surface area (Å²) in [5, 5.41) is 6.25. The molecule has 0 N–H and O–H groups in total. The predicted molar refractivity (Wildman–Crippen MR) is 73.9 cm³/mol. The van der Waals surface area contributed by atoms with Crippen molar-refractivity contribution in [1.29, 1.82) is 0 Å². The van der Waals surface area contributed by atoms with Gasteiger partial charge in [0, 0.05) is 0 Å². The van der Waals surface area contributed by atoms with Crippen LogP contribution in [0.1, 0.15) is 5.56 Å². The van der Waals surface area contributed by atoms with E-state index in [1.807, 2.05) is 18.2 Å². The minimum absolute atomic E-state index is 0.0619. The first-order valence-corrected chi connectivity index (χ1v) is 6.13.